The number of carbonyl (C=O) groups is 1. The van der Waals surface area contributed by atoms with Gasteiger partial charge in [0.25, 0.3) is 0 Å². The maximum Gasteiger partial charge on any atom is 0.461 e. The van der Waals surface area contributed by atoms with Gasteiger partial charge >= 0.3 is 24.7 Å². The van der Waals surface area contributed by atoms with Gasteiger partial charge in [-0.25, -0.2) is 13.6 Å². The van der Waals surface area contributed by atoms with Crippen LogP contribution in [0.15, 0.2) is 66.7 Å². The number of benzene rings is 3. The van der Waals surface area contributed by atoms with Gasteiger partial charge in [0.15, 0.2) is 11.6 Å². The molecule has 0 saturated heterocycles. The number of alkyl halides is 7. The van der Waals surface area contributed by atoms with Crippen LogP contribution in [0.2, 0.25) is 0 Å². The summed E-state index contributed by atoms with van der Waals surface area (Å²) in [5.41, 5.74) is -2.24. The summed E-state index contributed by atoms with van der Waals surface area (Å²) in [4.78, 5) is 13.1. The van der Waals surface area contributed by atoms with Gasteiger partial charge in [-0.1, -0.05) is 36.4 Å². The van der Waals surface area contributed by atoms with Crippen LogP contribution in [-0.4, -0.2) is 36.9 Å². The van der Waals surface area contributed by atoms with Gasteiger partial charge in [-0.2, -0.15) is 30.7 Å². The predicted octanol–water partition coefficient (Wildman–Crippen LogP) is 7.73. The van der Waals surface area contributed by atoms with E-state index < -0.39 is 65.4 Å². The van der Waals surface area contributed by atoms with E-state index in [2.05, 4.69) is 10.1 Å². The molecule has 2 N–H and O–H groups in total. The van der Waals surface area contributed by atoms with Crippen molar-refractivity contribution in [2.45, 2.75) is 63.6 Å². The van der Waals surface area contributed by atoms with Crippen molar-refractivity contribution in [1.82, 2.24) is 10.6 Å². The molecule has 3 aromatic carbocycles. The van der Waals surface area contributed by atoms with Crippen molar-refractivity contribution in [2.24, 2.45) is 0 Å². The molecule has 2 atom stereocenters. The number of halogens is 9. The van der Waals surface area contributed by atoms with Crippen molar-refractivity contribution in [2.75, 3.05) is 0 Å². The van der Waals surface area contributed by atoms with Crippen molar-refractivity contribution >= 4 is 6.03 Å². The molecule has 0 aliphatic rings. The van der Waals surface area contributed by atoms with Gasteiger partial charge in [-0.05, 0) is 61.7 Å². The highest BCUT2D eigenvalue weighted by Crippen LogP contribution is 2.39. The normalized spacial score (nSPS) is 14.3. The zero-order chi connectivity index (χ0) is 32.2. The summed E-state index contributed by atoms with van der Waals surface area (Å²) in [6.45, 7) is 3.81. The standard InChI is InChI=1S/C29H27F9N2O3/c1-16(2)42-24-13-19(9-10-23(24)31)27(15-18-7-5-4-6-8-18,40-26(41)39-17(3)28(34,35)36)20-11-21(30)14-22(12-20)43-29(37,38)25(32)33/h4-14,16-17,25H,15H2,1-3H3,(H2,39,40,41)/t17-,27-/m1/s1. The molecule has 3 rings (SSSR count). The van der Waals surface area contributed by atoms with E-state index in [1.807, 2.05) is 0 Å². The number of ether oxygens (including phenoxy) is 2. The first-order valence-electron chi connectivity index (χ1n) is 12.7. The minimum atomic E-state index is -5.05. The molecule has 0 saturated carbocycles. The van der Waals surface area contributed by atoms with E-state index >= 15 is 0 Å². The number of carbonyl (C=O) groups excluding carboxylic acids is 1. The largest absolute Gasteiger partial charge is 0.488 e. The highest BCUT2D eigenvalue weighted by Gasteiger charge is 2.45. The molecule has 43 heavy (non-hydrogen) atoms. The molecule has 3 aromatic rings. The van der Waals surface area contributed by atoms with Crippen LogP contribution < -0.4 is 20.1 Å². The molecule has 0 radical (unpaired) electrons. The fraction of sp³-hybridized carbons (Fsp3) is 0.345. The molecule has 234 valence electrons. The first-order valence-corrected chi connectivity index (χ1v) is 12.7. The molecule has 0 spiro atoms. The molecule has 5 nitrogen and oxygen atoms in total. The number of nitrogens with one attached hydrogen (secondary N) is 2. The van der Waals surface area contributed by atoms with Crippen LogP contribution in [0.25, 0.3) is 0 Å². The minimum absolute atomic E-state index is 0.0830. The van der Waals surface area contributed by atoms with Crippen molar-refractivity contribution in [3.63, 3.8) is 0 Å². The van der Waals surface area contributed by atoms with Gasteiger partial charge in [-0.15, -0.1) is 0 Å². The van der Waals surface area contributed by atoms with Crippen LogP contribution in [0.1, 0.15) is 37.5 Å². The first-order chi connectivity index (χ1) is 19.9. The van der Waals surface area contributed by atoms with Gasteiger partial charge in [0.2, 0.25) is 0 Å². The van der Waals surface area contributed by atoms with Crippen molar-refractivity contribution in [3.05, 3.63) is 95.1 Å². The Labute approximate surface area is 241 Å². The molecule has 0 fully saturated rings. The Hall–Kier alpha value is -4.10. The average molecular weight is 623 g/mol. The highest BCUT2D eigenvalue weighted by atomic mass is 19.4. The summed E-state index contributed by atoms with van der Waals surface area (Å²) in [7, 11) is 0. The van der Waals surface area contributed by atoms with Gasteiger partial charge in [0, 0.05) is 12.5 Å². The number of hydrogen-bond donors (Lipinski definition) is 2. The van der Waals surface area contributed by atoms with Gasteiger partial charge < -0.3 is 20.1 Å². The van der Waals surface area contributed by atoms with Crippen LogP contribution in [0.3, 0.4) is 0 Å². The molecule has 0 aliphatic carbocycles. The predicted molar refractivity (Wildman–Crippen MR) is 138 cm³/mol. The second kappa shape index (κ2) is 13.0. The monoisotopic (exact) mass is 622 g/mol. The van der Waals surface area contributed by atoms with E-state index in [9.17, 15) is 44.3 Å². The van der Waals surface area contributed by atoms with Crippen LogP contribution in [0.4, 0.5) is 44.3 Å². The molecule has 0 aromatic heterocycles. The number of amides is 2. The molecule has 0 bridgehead atoms. The van der Waals surface area contributed by atoms with Crippen LogP contribution in [0.5, 0.6) is 11.5 Å². The maximum absolute atomic E-state index is 14.9. The Kier molecular flexibility index (Phi) is 10.1. The Bertz CT molecular complexity index is 1400. The summed E-state index contributed by atoms with van der Waals surface area (Å²) < 4.78 is 132. The SMILES string of the molecule is CC(C)Oc1cc([C@@](Cc2ccccc2)(NC(=O)N[C@H](C)C(F)(F)F)c2cc(F)cc(OC(F)(F)C(F)F)c2)ccc1F. The van der Waals surface area contributed by atoms with Crippen molar-refractivity contribution in [3.8, 4) is 11.5 Å². The number of hydrogen-bond acceptors (Lipinski definition) is 3. The average Bonchev–Trinajstić information content (AvgIpc) is 2.88. The van der Waals surface area contributed by atoms with Crippen LogP contribution in [-0.2, 0) is 12.0 Å². The molecule has 2 amide bonds. The first kappa shape index (κ1) is 33.4. The summed E-state index contributed by atoms with van der Waals surface area (Å²) in [5, 5.41) is 4.09. The van der Waals surface area contributed by atoms with E-state index in [4.69, 9.17) is 4.74 Å². The lowest BCUT2D eigenvalue weighted by molar-refractivity contribution is -0.253. The summed E-state index contributed by atoms with van der Waals surface area (Å²) in [6, 6.07) is 9.08. The second-order valence-electron chi connectivity index (χ2n) is 9.88. The summed E-state index contributed by atoms with van der Waals surface area (Å²) >= 11 is 0. The number of urea groups is 1. The molecule has 0 heterocycles. The maximum atomic E-state index is 14.9. The Morgan fingerprint density at radius 1 is 0.860 bits per heavy atom. The Balaban J connectivity index is 2.32. The quantitative estimate of drug-likeness (QED) is 0.215. The van der Waals surface area contributed by atoms with Crippen molar-refractivity contribution < 1.29 is 53.8 Å². The zero-order valence-electron chi connectivity index (χ0n) is 22.9. The Morgan fingerprint density at radius 3 is 2.09 bits per heavy atom. The highest BCUT2D eigenvalue weighted by molar-refractivity contribution is 5.76. The molecule has 0 unspecified atom stereocenters. The van der Waals surface area contributed by atoms with E-state index in [1.54, 1.807) is 49.5 Å². The lowest BCUT2D eigenvalue weighted by Gasteiger charge is -2.37. The van der Waals surface area contributed by atoms with Gasteiger partial charge in [0.05, 0.1) is 11.6 Å². The minimum Gasteiger partial charge on any atom is -0.488 e. The second-order valence-corrected chi connectivity index (χ2v) is 9.88. The third-order valence-corrected chi connectivity index (χ3v) is 6.14. The molecule has 14 heteroatoms. The topological polar surface area (TPSA) is 59.6 Å². The molecule has 0 aliphatic heterocycles. The van der Waals surface area contributed by atoms with Gasteiger partial charge in [-0.3, -0.25) is 0 Å². The van der Waals surface area contributed by atoms with Crippen LogP contribution >= 0.6 is 0 Å². The fourth-order valence-electron chi connectivity index (χ4n) is 4.15. The lowest BCUT2D eigenvalue weighted by atomic mass is 9.77. The van der Waals surface area contributed by atoms with E-state index in [0.717, 1.165) is 30.3 Å². The fourth-order valence-corrected chi connectivity index (χ4v) is 4.15. The molecular formula is C29H27F9N2O3. The summed E-state index contributed by atoms with van der Waals surface area (Å²) in [5.74, 6) is -3.57. The van der Waals surface area contributed by atoms with E-state index in [0.29, 0.717) is 18.6 Å². The Morgan fingerprint density at radius 2 is 1.51 bits per heavy atom. The zero-order valence-corrected chi connectivity index (χ0v) is 22.9. The molecular weight excluding hydrogens is 595 g/mol. The third kappa shape index (κ3) is 8.48. The van der Waals surface area contributed by atoms with Crippen LogP contribution in [0, 0.1) is 11.6 Å². The van der Waals surface area contributed by atoms with Gasteiger partial charge in [0.1, 0.15) is 17.6 Å². The van der Waals surface area contributed by atoms with Crippen molar-refractivity contribution in [1.29, 1.82) is 0 Å². The number of rotatable bonds is 11. The lowest BCUT2D eigenvalue weighted by Crippen LogP contribution is -2.55. The third-order valence-electron chi connectivity index (χ3n) is 6.14. The smallest absolute Gasteiger partial charge is 0.461 e. The van der Waals surface area contributed by atoms with E-state index in [1.165, 1.54) is 0 Å². The van der Waals surface area contributed by atoms with E-state index in [-0.39, 0.29) is 17.7 Å². The summed E-state index contributed by atoms with van der Waals surface area (Å²) in [6.07, 6.45) is -15.2.